The largest absolute Gasteiger partial charge is 0.360 e. The molecule has 1 N–H and O–H groups in total. The van der Waals surface area contributed by atoms with Crippen LogP contribution in [0.1, 0.15) is 44.6 Å². The van der Waals surface area contributed by atoms with Gasteiger partial charge in [0, 0.05) is 11.6 Å². The van der Waals surface area contributed by atoms with E-state index < -0.39 is 0 Å². The summed E-state index contributed by atoms with van der Waals surface area (Å²) in [5, 5.41) is 2.13. The van der Waals surface area contributed by atoms with Crippen molar-refractivity contribution >= 4 is 22.5 Å². The van der Waals surface area contributed by atoms with Gasteiger partial charge in [0.15, 0.2) is 0 Å². The molecule has 0 bridgehead atoms. The highest BCUT2D eigenvalue weighted by Crippen LogP contribution is 2.42. The van der Waals surface area contributed by atoms with Crippen molar-refractivity contribution < 1.29 is 0 Å². The number of hydrogen-bond acceptors (Lipinski definition) is 0. The van der Waals surface area contributed by atoms with Crippen molar-refractivity contribution in [2.45, 2.75) is 44.4 Å². The Morgan fingerprint density at radius 3 is 2.71 bits per heavy atom. The maximum Gasteiger partial charge on any atom is 0.0647 e. The molecule has 0 aliphatic heterocycles. The first kappa shape index (κ1) is 11.2. The third-order valence-corrected chi connectivity index (χ3v) is 4.59. The van der Waals surface area contributed by atoms with Crippen molar-refractivity contribution in [2.24, 2.45) is 0 Å². The van der Waals surface area contributed by atoms with Crippen LogP contribution >= 0.6 is 11.6 Å². The van der Waals surface area contributed by atoms with E-state index in [2.05, 4.69) is 24.2 Å². The van der Waals surface area contributed by atoms with Crippen LogP contribution in [0.3, 0.4) is 0 Å². The van der Waals surface area contributed by atoms with Gasteiger partial charge < -0.3 is 4.98 Å². The molecule has 1 aliphatic rings. The second-order valence-electron chi connectivity index (χ2n) is 5.49. The van der Waals surface area contributed by atoms with Crippen LogP contribution in [0.15, 0.2) is 24.4 Å². The van der Waals surface area contributed by atoms with E-state index in [1.54, 1.807) is 0 Å². The number of halogens is 1. The Hall–Kier alpha value is -0.950. The molecule has 0 spiro atoms. The number of rotatable bonds is 1. The molecule has 0 atom stereocenters. The van der Waals surface area contributed by atoms with Crippen LogP contribution in [0.4, 0.5) is 0 Å². The summed E-state index contributed by atoms with van der Waals surface area (Å²) in [5.74, 6) is 0. The molecule has 0 unspecified atom stereocenters. The van der Waals surface area contributed by atoms with Crippen LogP contribution in [0.25, 0.3) is 10.9 Å². The van der Waals surface area contributed by atoms with Crippen LogP contribution in [0.2, 0.25) is 5.02 Å². The summed E-state index contributed by atoms with van der Waals surface area (Å²) in [4.78, 5) is 3.35. The van der Waals surface area contributed by atoms with Gasteiger partial charge in [-0.2, -0.15) is 0 Å². The Morgan fingerprint density at radius 1 is 1.18 bits per heavy atom. The van der Waals surface area contributed by atoms with Crippen molar-refractivity contribution in [3.8, 4) is 0 Å². The van der Waals surface area contributed by atoms with Gasteiger partial charge >= 0.3 is 0 Å². The molecule has 1 heterocycles. The van der Waals surface area contributed by atoms with Gasteiger partial charge in [0.25, 0.3) is 0 Å². The maximum absolute atomic E-state index is 6.22. The number of aromatic amines is 1. The average molecular weight is 248 g/mol. The van der Waals surface area contributed by atoms with E-state index in [-0.39, 0.29) is 0 Å². The van der Waals surface area contributed by atoms with E-state index in [4.69, 9.17) is 11.6 Å². The average Bonchev–Trinajstić information content (AvgIpc) is 2.76. The quantitative estimate of drug-likeness (QED) is 0.726. The summed E-state index contributed by atoms with van der Waals surface area (Å²) in [6.45, 7) is 2.40. The first-order chi connectivity index (χ1) is 8.21. The molecular formula is C15H18ClN. The summed E-state index contributed by atoms with van der Waals surface area (Å²) in [7, 11) is 0. The zero-order valence-electron chi connectivity index (χ0n) is 10.2. The molecule has 1 aromatic heterocycles. The lowest BCUT2D eigenvalue weighted by Crippen LogP contribution is -2.24. The van der Waals surface area contributed by atoms with Crippen molar-refractivity contribution in [1.82, 2.24) is 4.98 Å². The Bertz CT molecular complexity index is 535. The molecule has 1 nitrogen and oxygen atoms in total. The molecule has 1 aromatic carbocycles. The fourth-order valence-electron chi connectivity index (χ4n) is 3.22. The lowest BCUT2D eigenvalue weighted by Gasteiger charge is -2.33. The molecule has 1 aliphatic carbocycles. The molecule has 0 saturated heterocycles. The summed E-state index contributed by atoms with van der Waals surface area (Å²) in [6, 6.07) is 6.19. The molecule has 0 amide bonds. The van der Waals surface area contributed by atoms with Gasteiger partial charge in [-0.1, -0.05) is 49.9 Å². The lowest BCUT2D eigenvalue weighted by molar-refractivity contribution is 0.322. The molecule has 1 fully saturated rings. The van der Waals surface area contributed by atoms with Crippen LogP contribution in [0.5, 0.6) is 0 Å². The lowest BCUT2D eigenvalue weighted by atomic mass is 9.71. The number of benzene rings is 1. The molecule has 3 rings (SSSR count). The molecule has 0 radical (unpaired) electrons. The van der Waals surface area contributed by atoms with Crippen molar-refractivity contribution in [2.75, 3.05) is 0 Å². The number of aromatic nitrogens is 1. The molecule has 17 heavy (non-hydrogen) atoms. The predicted molar refractivity (Wildman–Crippen MR) is 73.7 cm³/mol. The predicted octanol–water partition coefficient (Wildman–Crippen LogP) is 5.04. The van der Waals surface area contributed by atoms with Gasteiger partial charge in [0.2, 0.25) is 0 Å². The Balaban J connectivity index is 2.14. The standard InChI is InChI=1S/C15H18ClN/c1-15(8-3-2-4-9-15)12-10-17-14-11(12)6-5-7-13(14)16/h5-7,10,17H,2-4,8-9H2,1H3. The van der Waals surface area contributed by atoms with Crippen LogP contribution in [0, 0.1) is 0 Å². The van der Waals surface area contributed by atoms with Gasteiger partial charge in [-0.05, 0) is 29.9 Å². The van der Waals surface area contributed by atoms with Crippen LogP contribution < -0.4 is 0 Å². The number of H-pyrrole nitrogens is 1. The number of hydrogen-bond donors (Lipinski definition) is 1. The van der Waals surface area contributed by atoms with Gasteiger partial charge in [-0.3, -0.25) is 0 Å². The summed E-state index contributed by atoms with van der Waals surface area (Å²) >= 11 is 6.22. The third kappa shape index (κ3) is 1.77. The van der Waals surface area contributed by atoms with Gasteiger partial charge in [-0.15, -0.1) is 0 Å². The zero-order valence-corrected chi connectivity index (χ0v) is 11.0. The normalized spacial score (nSPS) is 19.6. The molecular weight excluding hydrogens is 230 g/mol. The van der Waals surface area contributed by atoms with Gasteiger partial charge in [-0.25, -0.2) is 0 Å². The van der Waals surface area contributed by atoms with Crippen LogP contribution in [-0.4, -0.2) is 4.98 Å². The first-order valence-electron chi connectivity index (χ1n) is 6.47. The number of para-hydroxylation sites is 1. The maximum atomic E-state index is 6.22. The second-order valence-corrected chi connectivity index (χ2v) is 5.89. The Labute approximate surface area is 107 Å². The Morgan fingerprint density at radius 2 is 1.94 bits per heavy atom. The molecule has 1 saturated carbocycles. The number of fused-ring (bicyclic) bond motifs is 1. The van der Waals surface area contributed by atoms with Gasteiger partial charge in [0.1, 0.15) is 0 Å². The minimum Gasteiger partial charge on any atom is -0.360 e. The minimum atomic E-state index is 0.335. The van der Waals surface area contributed by atoms with E-state index in [0.29, 0.717) is 5.41 Å². The van der Waals surface area contributed by atoms with E-state index in [1.165, 1.54) is 43.1 Å². The second kappa shape index (κ2) is 4.06. The van der Waals surface area contributed by atoms with Gasteiger partial charge in [0.05, 0.1) is 10.5 Å². The van der Waals surface area contributed by atoms with E-state index in [0.717, 1.165) is 10.5 Å². The van der Waals surface area contributed by atoms with E-state index in [1.807, 2.05) is 12.1 Å². The minimum absolute atomic E-state index is 0.335. The SMILES string of the molecule is CC1(c2c[nH]c3c(Cl)cccc23)CCCCC1. The fourth-order valence-corrected chi connectivity index (χ4v) is 3.45. The summed E-state index contributed by atoms with van der Waals surface area (Å²) in [5.41, 5.74) is 2.88. The first-order valence-corrected chi connectivity index (χ1v) is 6.85. The highest BCUT2D eigenvalue weighted by molar-refractivity contribution is 6.35. The topological polar surface area (TPSA) is 15.8 Å². The highest BCUT2D eigenvalue weighted by Gasteiger charge is 2.31. The fraction of sp³-hybridized carbons (Fsp3) is 0.467. The monoisotopic (exact) mass is 247 g/mol. The highest BCUT2D eigenvalue weighted by atomic mass is 35.5. The van der Waals surface area contributed by atoms with Crippen molar-refractivity contribution in [3.05, 3.63) is 35.0 Å². The summed E-state index contributed by atoms with van der Waals surface area (Å²) in [6.07, 6.45) is 8.85. The van der Waals surface area contributed by atoms with Crippen LogP contribution in [-0.2, 0) is 5.41 Å². The van der Waals surface area contributed by atoms with Crippen molar-refractivity contribution in [3.63, 3.8) is 0 Å². The molecule has 90 valence electrons. The third-order valence-electron chi connectivity index (χ3n) is 4.27. The Kier molecular flexibility index (Phi) is 2.67. The summed E-state index contributed by atoms with van der Waals surface area (Å²) < 4.78 is 0. The smallest absolute Gasteiger partial charge is 0.0647 e. The zero-order chi connectivity index (χ0) is 11.9. The molecule has 2 heteroatoms. The van der Waals surface area contributed by atoms with E-state index in [9.17, 15) is 0 Å². The number of nitrogens with one attached hydrogen (secondary N) is 1. The van der Waals surface area contributed by atoms with Crippen molar-refractivity contribution in [1.29, 1.82) is 0 Å². The molecule has 2 aromatic rings. The van der Waals surface area contributed by atoms with E-state index >= 15 is 0 Å².